The summed E-state index contributed by atoms with van der Waals surface area (Å²) in [6, 6.07) is 8.10. The number of nitrogens with one attached hydrogen (secondary N) is 3. The van der Waals surface area contributed by atoms with Gasteiger partial charge in [0.15, 0.2) is 5.82 Å². The van der Waals surface area contributed by atoms with E-state index in [2.05, 4.69) is 52.7 Å². The van der Waals surface area contributed by atoms with Gasteiger partial charge in [0.05, 0.1) is 0 Å². The van der Waals surface area contributed by atoms with E-state index in [0.717, 1.165) is 36.0 Å². The first-order valence-corrected chi connectivity index (χ1v) is 6.93. The standard InChI is InChI=1S/C15H23N5/c1-11-18-14(20-19-11)12-7-5-6-8-13(12)16-9-10-17-15(2,3)4/h5-8,16-17H,9-10H2,1-4H3,(H,18,19,20). The maximum absolute atomic E-state index is 4.39. The zero-order valence-corrected chi connectivity index (χ0v) is 12.6. The molecule has 0 saturated heterocycles. The van der Waals surface area contributed by atoms with Crippen molar-refractivity contribution in [1.29, 1.82) is 0 Å². The number of hydrogen-bond acceptors (Lipinski definition) is 4. The highest BCUT2D eigenvalue weighted by Crippen LogP contribution is 2.24. The van der Waals surface area contributed by atoms with Gasteiger partial charge in [0.1, 0.15) is 5.82 Å². The van der Waals surface area contributed by atoms with Gasteiger partial charge in [0.2, 0.25) is 0 Å². The second kappa shape index (κ2) is 6.05. The van der Waals surface area contributed by atoms with Crippen molar-refractivity contribution in [3.05, 3.63) is 30.1 Å². The van der Waals surface area contributed by atoms with Crippen molar-refractivity contribution >= 4 is 5.69 Å². The molecule has 0 fully saturated rings. The molecule has 0 bridgehead atoms. The summed E-state index contributed by atoms with van der Waals surface area (Å²) < 4.78 is 0. The minimum absolute atomic E-state index is 0.141. The summed E-state index contributed by atoms with van der Waals surface area (Å²) in [5, 5.41) is 14.0. The number of hydrogen-bond donors (Lipinski definition) is 3. The van der Waals surface area contributed by atoms with Gasteiger partial charge >= 0.3 is 0 Å². The number of benzene rings is 1. The van der Waals surface area contributed by atoms with Crippen LogP contribution in [0.4, 0.5) is 5.69 Å². The molecule has 108 valence electrons. The zero-order valence-electron chi connectivity index (χ0n) is 12.6. The van der Waals surface area contributed by atoms with Crippen LogP contribution in [0.3, 0.4) is 0 Å². The second-order valence-corrected chi connectivity index (χ2v) is 5.89. The van der Waals surface area contributed by atoms with Crippen LogP contribution in [-0.2, 0) is 0 Å². The average molecular weight is 273 g/mol. The molecule has 0 aliphatic heterocycles. The molecule has 1 heterocycles. The molecule has 20 heavy (non-hydrogen) atoms. The molecule has 0 spiro atoms. The van der Waals surface area contributed by atoms with Crippen molar-refractivity contribution in [2.24, 2.45) is 0 Å². The first-order chi connectivity index (χ1) is 9.46. The SMILES string of the molecule is Cc1nc(-c2ccccc2NCCNC(C)(C)C)n[nH]1. The van der Waals surface area contributed by atoms with E-state index in [1.165, 1.54) is 0 Å². The van der Waals surface area contributed by atoms with Crippen LogP contribution in [0.5, 0.6) is 0 Å². The van der Waals surface area contributed by atoms with E-state index in [9.17, 15) is 0 Å². The van der Waals surface area contributed by atoms with Gasteiger partial charge in [-0.25, -0.2) is 4.98 Å². The summed E-state index contributed by atoms with van der Waals surface area (Å²) in [6.45, 7) is 10.2. The van der Waals surface area contributed by atoms with E-state index in [1.54, 1.807) is 0 Å². The summed E-state index contributed by atoms with van der Waals surface area (Å²) in [7, 11) is 0. The zero-order chi connectivity index (χ0) is 14.6. The molecule has 5 nitrogen and oxygen atoms in total. The fraction of sp³-hybridized carbons (Fsp3) is 0.467. The number of rotatable bonds is 5. The van der Waals surface area contributed by atoms with Gasteiger partial charge in [0.25, 0.3) is 0 Å². The topological polar surface area (TPSA) is 65.6 Å². The predicted molar refractivity (Wildman–Crippen MR) is 82.8 cm³/mol. The highest BCUT2D eigenvalue weighted by molar-refractivity contribution is 5.73. The lowest BCUT2D eigenvalue weighted by Gasteiger charge is -2.21. The van der Waals surface area contributed by atoms with E-state index in [-0.39, 0.29) is 5.54 Å². The largest absolute Gasteiger partial charge is 0.383 e. The number of H-pyrrole nitrogens is 1. The summed E-state index contributed by atoms with van der Waals surface area (Å²) in [5.74, 6) is 1.55. The fourth-order valence-electron chi connectivity index (χ4n) is 1.93. The Morgan fingerprint density at radius 3 is 2.55 bits per heavy atom. The van der Waals surface area contributed by atoms with Gasteiger partial charge < -0.3 is 10.6 Å². The van der Waals surface area contributed by atoms with Gasteiger partial charge in [-0.2, -0.15) is 5.10 Å². The molecule has 0 aliphatic carbocycles. The highest BCUT2D eigenvalue weighted by Gasteiger charge is 2.10. The second-order valence-electron chi connectivity index (χ2n) is 5.89. The van der Waals surface area contributed by atoms with Crippen LogP contribution in [0.25, 0.3) is 11.4 Å². The molecule has 5 heteroatoms. The summed E-state index contributed by atoms with van der Waals surface area (Å²) in [4.78, 5) is 4.39. The summed E-state index contributed by atoms with van der Waals surface area (Å²) in [6.07, 6.45) is 0. The molecule has 0 unspecified atom stereocenters. The summed E-state index contributed by atoms with van der Waals surface area (Å²) in [5.41, 5.74) is 2.22. The Kier molecular flexibility index (Phi) is 4.39. The molecule has 0 amide bonds. The molecule has 2 rings (SSSR count). The van der Waals surface area contributed by atoms with Gasteiger partial charge in [-0.15, -0.1) is 0 Å². The minimum atomic E-state index is 0.141. The maximum atomic E-state index is 4.39. The van der Waals surface area contributed by atoms with Crippen LogP contribution in [0.15, 0.2) is 24.3 Å². The normalized spacial score (nSPS) is 11.6. The van der Waals surface area contributed by atoms with Gasteiger partial charge in [-0.05, 0) is 39.8 Å². The average Bonchev–Trinajstić information content (AvgIpc) is 2.81. The lowest BCUT2D eigenvalue weighted by Crippen LogP contribution is -2.38. The molecule has 2 aromatic rings. The first-order valence-electron chi connectivity index (χ1n) is 6.93. The number of nitrogens with zero attached hydrogens (tertiary/aromatic N) is 2. The third-order valence-corrected chi connectivity index (χ3v) is 2.86. The Morgan fingerprint density at radius 1 is 1.15 bits per heavy atom. The van der Waals surface area contributed by atoms with Crippen LogP contribution in [-0.4, -0.2) is 33.8 Å². The maximum Gasteiger partial charge on any atom is 0.183 e. The molecule has 0 radical (unpaired) electrons. The number of aryl methyl sites for hydroxylation is 1. The van der Waals surface area contributed by atoms with Crippen LogP contribution in [0, 0.1) is 6.92 Å². The van der Waals surface area contributed by atoms with Gasteiger partial charge in [-0.3, -0.25) is 5.10 Å². The van der Waals surface area contributed by atoms with Crippen molar-refractivity contribution in [2.75, 3.05) is 18.4 Å². The number of anilines is 1. The number of aromatic nitrogens is 3. The van der Waals surface area contributed by atoms with E-state index in [4.69, 9.17) is 0 Å². The van der Waals surface area contributed by atoms with Crippen molar-refractivity contribution in [1.82, 2.24) is 20.5 Å². The van der Waals surface area contributed by atoms with Crippen molar-refractivity contribution in [3.8, 4) is 11.4 Å². The highest BCUT2D eigenvalue weighted by atomic mass is 15.2. The Balaban J connectivity index is 2.02. The van der Waals surface area contributed by atoms with Crippen LogP contribution >= 0.6 is 0 Å². The fourth-order valence-corrected chi connectivity index (χ4v) is 1.93. The Bertz CT molecular complexity index is 553. The van der Waals surface area contributed by atoms with Crippen molar-refractivity contribution in [3.63, 3.8) is 0 Å². The van der Waals surface area contributed by atoms with E-state index in [0.29, 0.717) is 0 Å². The lowest BCUT2D eigenvalue weighted by molar-refractivity contribution is 0.435. The molecule has 1 aromatic heterocycles. The van der Waals surface area contributed by atoms with E-state index < -0.39 is 0 Å². The van der Waals surface area contributed by atoms with Crippen molar-refractivity contribution < 1.29 is 0 Å². The molecular weight excluding hydrogens is 250 g/mol. The monoisotopic (exact) mass is 273 g/mol. The molecule has 0 saturated carbocycles. The van der Waals surface area contributed by atoms with E-state index in [1.807, 2.05) is 25.1 Å². The van der Waals surface area contributed by atoms with Crippen LogP contribution in [0.2, 0.25) is 0 Å². The van der Waals surface area contributed by atoms with Crippen LogP contribution in [0.1, 0.15) is 26.6 Å². The van der Waals surface area contributed by atoms with Gasteiger partial charge in [0, 0.05) is 29.9 Å². The number of para-hydroxylation sites is 1. The Labute approximate surface area is 120 Å². The molecule has 3 N–H and O–H groups in total. The van der Waals surface area contributed by atoms with Crippen LogP contribution < -0.4 is 10.6 Å². The first kappa shape index (κ1) is 14.5. The molecule has 0 aliphatic rings. The Morgan fingerprint density at radius 2 is 1.90 bits per heavy atom. The molecule has 0 atom stereocenters. The van der Waals surface area contributed by atoms with Crippen molar-refractivity contribution in [2.45, 2.75) is 33.2 Å². The van der Waals surface area contributed by atoms with E-state index >= 15 is 0 Å². The number of aromatic amines is 1. The van der Waals surface area contributed by atoms with Gasteiger partial charge in [-0.1, -0.05) is 12.1 Å². The third kappa shape index (κ3) is 4.06. The Hall–Kier alpha value is -1.88. The lowest BCUT2D eigenvalue weighted by atomic mass is 10.1. The third-order valence-electron chi connectivity index (χ3n) is 2.86. The smallest absolute Gasteiger partial charge is 0.183 e. The summed E-state index contributed by atoms with van der Waals surface area (Å²) >= 11 is 0. The molecule has 1 aromatic carbocycles. The quantitative estimate of drug-likeness (QED) is 0.733. The minimum Gasteiger partial charge on any atom is -0.383 e. The predicted octanol–water partition coefficient (Wildman–Crippen LogP) is 2.58. The molecular formula is C15H23N5.